The van der Waals surface area contributed by atoms with Crippen LogP contribution in [0.15, 0.2) is 56.6 Å². The van der Waals surface area contributed by atoms with Crippen molar-refractivity contribution >= 4 is 40.1 Å². The first kappa shape index (κ1) is 18.3. The number of carbonyl (C=O) groups excluding carboxylic acids is 1. The van der Waals surface area contributed by atoms with E-state index in [9.17, 15) is 19.7 Å². The normalized spacial score (nSPS) is 16.6. The highest BCUT2D eigenvalue weighted by Crippen LogP contribution is 2.37. The molecule has 1 atom stereocenters. The molecule has 0 spiro atoms. The van der Waals surface area contributed by atoms with Crippen LogP contribution in [0.5, 0.6) is 0 Å². The van der Waals surface area contributed by atoms with Crippen LogP contribution in [0, 0.1) is 10.1 Å². The van der Waals surface area contributed by atoms with Gasteiger partial charge in [-0.2, -0.15) is 0 Å². The van der Waals surface area contributed by atoms with Crippen molar-refractivity contribution in [2.75, 3.05) is 11.4 Å². The molecule has 0 radical (unpaired) electrons. The Kier molecular flexibility index (Phi) is 4.68. The molecule has 1 aliphatic heterocycles. The summed E-state index contributed by atoms with van der Waals surface area (Å²) in [5.41, 5.74) is 1.10. The smallest absolute Gasteiger partial charge is 0.407 e. The van der Waals surface area contributed by atoms with Crippen molar-refractivity contribution in [3.8, 4) is 0 Å². The van der Waals surface area contributed by atoms with Gasteiger partial charge in [-0.25, -0.2) is 4.79 Å². The third-order valence-electron chi connectivity index (χ3n) is 4.70. The monoisotopic (exact) mass is 399 g/mol. The molecule has 8 nitrogen and oxygen atoms in total. The summed E-state index contributed by atoms with van der Waals surface area (Å²) >= 11 is 1.73. The molecule has 0 N–H and O–H groups in total. The Morgan fingerprint density at radius 2 is 2.11 bits per heavy atom. The van der Waals surface area contributed by atoms with E-state index in [1.54, 1.807) is 16.7 Å². The number of anilines is 1. The molecular formula is C19H17N3O5S. The number of non-ortho nitro benzene ring substituents is 1. The average molecular weight is 399 g/mol. The summed E-state index contributed by atoms with van der Waals surface area (Å²) in [5, 5.41) is 11.3. The van der Waals surface area contributed by atoms with Gasteiger partial charge in [-0.15, -0.1) is 11.8 Å². The number of nitrogens with zero attached hydrogens (tertiary/aromatic N) is 3. The van der Waals surface area contributed by atoms with Crippen LogP contribution in [-0.4, -0.2) is 27.2 Å². The minimum absolute atomic E-state index is 0.0902. The van der Waals surface area contributed by atoms with Crippen LogP contribution in [0.25, 0.3) is 11.1 Å². The molecule has 1 unspecified atom stereocenters. The van der Waals surface area contributed by atoms with E-state index in [0.29, 0.717) is 17.3 Å². The highest BCUT2D eigenvalue weighted by atomic mass is 32.2. The number of fused-ring (bicyclic) bond motifs is 2. The summed E-state index contributed by atoms with van der Waals surface area (Å²) in [6.07, 6.45) is 0.832. The van der Waals surface area contributed by atoms with Gasteiger partial charge in [0.1, 0.15) is 6.54 Å². The SMILES string of the molecule is CC1CCN(C(=O)Cn2c(=O)oc3cc([N+](=O)[O-])ccc32)c2ccccc2S1. The lowest BCUT2D eigenvalue weighted by atomic mass is 10.2. The van der Waals surface area contributed by atoms with Crippen LogP contribution in [0.1, 0.15) is 13.3 Å². The summed E-state index contributed by atoms with van der Waals surface area (Å²) < 4.78 is 6.33. The number of para-hydroxylation sites is 1. The molecule has 0 saturated carbocycles. The van der Waals surface area contributed by atoms with E-state index < -0.39 is 10.7 Å². The van der Waals surface area contributed by atoms with E-state index in [0.717, 1.165) is 17.0 Å². The molecule has 1 amide bonds. The molecule has 9 heteroatoms. The molecule has 1 aromatic heterocycles. The van der Waals surface area contributed by atoms with Crippen molar-refractivity contribution in [3.05, 3.63) is 63.1 Å². The number of aromatic nitrogens is 1. The maximum Gasteiger partial charge on any atom is 0.420 e. The zero-order valence-electron chi connectivity index (χ0n) is 15.0. The van der Waals surface area contributed by atoms with E-state index in [1.807, 2.05) is 24.3 Å². The first-order valence-electron chi connectivity index (χ1n) is 8.78. The fourth-order valence-electron chi connectivity index (χ4n) is 3.28. The third kappa shape index (κ3) is 3.29. The number of hydrogen-bond acceptors (Lipinski definition) is 6. The Labute approximate surface area is 163 Å². The summed E-state index contributed by atoms with van der Waals surface area (Å²) in [6, 6.07) is 11.6. The molecule has 0 saturated heterocycles. The Balaban J connectivity index is 1.68. The van der Waals surface area contributed by atoms with Crippen LogP contribution < -0.4 is 10.7 Å². The summed E-state index contributed by atoms with van der Waals surface area (Å²) in [6.45, 7) is 2.48. The van der Waals surface area contributed by atoms with Gasteiger partial charge in [0.15, 0.2) is 5.58 Å². The minimum atomic E-state index is -0.713. The Morgan fingerprint density at radius 1 is 1.32 bits per heavy atom. The quantitative estimate of drug-likeness (QED) is 0.494. The first-order chi connectivity index (χ1) is 13.4. The van der Waals surface area contributed by atoms with Crippen LogP contribution in [0.4, 0.5) is 11.4 Å². The third-order valence-corrected chi connectivity index (χ3v) is 5.94. The van der Waals surface area contributed by atoms with Crippen molar-refractivity contribution in [2.45, 2.75) is 30.0 Å². The van der Waals surface area contributed by atoms with E-state index in [2.05, 4.69) is 6.92 Å². The number of carbonyl (C=O) groups is 1. The molecule has 28 heavy (non-hydrogen) atoms. The molecule has 2 heterocycles. The zero-order chi connectivity index (χ0) is 19.8. The lowest BCUT2D eigenvalue weighted by Gasteiger charge is -2.22. The molecule has 4 rings (SSSR count). The van der Waals surface area contributed by atoms with Gasteiger partial charge in [-0.1, -0.05) is 19.1 Å². The van der Waals surface area contributed by atoms with E-state index in [4.69, 9.17) is 4.42 Å². The van der Waals surface area contributed by atoms with Crippen LogP contribution in [-0.2, 0) is 11.3 Å². The van der Waals surface area contributed by atoms with Crippen molar-refractivity contribution in [3.63, 3.8) is 0 Å². The molecule has 3 aromatic rings. The number of oxazole rings is 1. The predicted molar refractivity (Wildman–Crippen MR) is 106 cm³/mol. The van der Waals surface area contributed by atoms with Crippen LogP contribution in [0.2, 0.25) is 0 Å². The summed E-state index contributed by atoms with van der Waals surface area (Å²) in [4.78, 5) is 38.4. The van der Waals surface area contributed by atoms with E-state index in [-0.39, 0.29) is 23.7 Å². The van der Waals surface area contributed by atoms with Gasteiger partial charge >= 0.3 is 5.76 Å². The van der Waals surface area contributed by atoms with Gasteiger partial charge < -0.3 is 9.32 Å². The van der Waals surface area contributed by atoms with Crippen LogP contribution >= 0.6 is 11.8 Å². The lowest BCUT2D eigenvalue weighted by molar-refractivity contribution is -0.384. The van der Waals surface area contributed by atoms with Gasteiger partial charge in [-0.3, -0.25) is 19.5 Å². The number of thioether (sulfide) groups is 1. The van der Waals surface area contributed by atoms with E-state index in [1.165, 1.54) is 22.8 Å². The minimum Gasteiger partial charge on any atom is -0.407 e. The molecule has 2 aromatic carbocycles. The topological polar surface area (TPSA) is 98.6 Å². The molecular weight excluding hydrogens is 382 g/mol. The predicted octanol–water partition coefficient (Wildman–Crippen LogP) is 3.42. The molecule has 144 valence electrons. The number of benzene rings is 2. The van der Waals surface area contributed by atoms with Gasteiger partial charge in [0, 0.05) is 22.8 Å². The number of nitro benzene ring substituents is 1. The van der Waals surface area contributed by atoms with Gasteiger partial charge in [-0.05, 0) is 24.6 Å². The second-order valence-electron chi connectivity index (χ2n) is 6.59. The Morgan fingerprint density at radius 3 is 2.89 bits per heavy atom. The standard InChI is InChI=1S/C19H17N3O5S/c1-12-8-9-20(15-4-2-3-5-17(15)28-12)18(23)11-21-14-7-6-13(22(25)26)10-16(14)27-19(21)24/h2-7,10,12H,8-9,11H2,1H3. The number of amides is 1. The maximum atomic E-state index is 13.1. The van der Waals surface area contributed by atoms with E-state index >= 15 is 0 Å². The molecule has 0 bridgehead atoms. The largest absolute Gasteiger partial charge is 0.420 e. The van der Waals surface area contributed by atoms with Gasteiger partial charge in [0.05, 0.1) is 22.2 Å². The zero-order valence-corrected chi connectivity index (χ0v) is 15.8. The lowest BCUT2D eigenvalue weighted by Crippen LogP contribution is -2.36. The maximum absolute atomic E-state index is 13.1. The van der Waals surface area contributed by atoms with Crippen molar-refractivity contribution < 1.29 is 14.1 Å². The fraction of sp³-hybridized carbons (Fsp3) is 0.263. The van der Waals surface area contributed by atoms with Gasteiger partial charge in [0.25, 0.3) is 5.69 Å². The Hall–Kier alpha value is -3.07. The number of nitro groups is 1. The number of rotatable bonds is 3. The van der Waals surface area contributed by atoms with Crippen molar-refractivity contribution in [1.82, 2.24) is 4.57 Å². The second-order valence-corrected chi connectivity index (χ2v) is 8.07. The molecule has 0 fully saturated rings. The summed E-state index contributed by atoms with van der Waals surface area (Å²) in [5.74, 6) is -0.944. The summed E-state index contributed by atoms with van der Waals surface area (Å²) in [7, 11) is 0. The van der Waals surface area contributed by atoms with Crippen molar-refractivity contribution in [1.29, 1.82) is 0 Å². The molecule has 0 aliphatic carbocycles. The fourth-order valence-corrected chi connectivity index (χ4v) is 4.40. The highest BCUT2D eigenvalue weighted by Gasteiger charge is 2.25. The number of hydrogen-bond donors (Lipinski definition) is 0. The molecule has 1 aliphatic rings. The Bertz CT molecular complexity index is 1140. The average Bonchev–Trinajstić information content (AvgIpc) is 2.86. The van der Waals surface area contributed by atoms with Gasteiger partial charge in [0.2, 0.25) is 5.91 Å². The van der Waals surface area contributed by atoms with Crippen LogP contribution in [0.3, 0.4) is 0 Å². The highest BCUT2D eigenvalue weighted by molar-refractivity contribution is 8.00. The second kappa shape index (κ2) is 7.16. The first-order valence-corrected chi connectivity index (χ1v) is 9.66. The van der Waals surface area contributed by atoms with Crippen molar-refractivity contribution in [2.24, 2.45) is 0 Å².